The number of hydrogen-bond acceptors (Lipinski definition) is 3. The van der Waals surface area contributed by atoms with Crippen molar-refractivity contribution in [3.05, 3.63) is 0 Å². The third-order valence-electron chi connectivity index (χ3n) is 3.30. The van der Waals surface area contributed by atoms with Crippen LogP contribution >= 0.6 is 0 Å². The van der Waals surface area contributed by atoms with E-state index in [-0.39, 0.29) is 0 Å². The van der Waals surface area contributed by atoms with Crippen LogP contribution in [0.1, 0.15) is 27.2 Å². The Labute approximate surface area is 101 Å². The number of piperazine rings is 1. The SMILES string of the molecule is CC.CCCN1CC(CN2CCNCC2)C1. The van der Waals surface area contributed by atoms with Crippen molar-refractivity contribution in [2.24, 2.45) is 5.92 Å². The number of hydrogen-bond donors (Lipinski definition) is 1. The lowest BCUT2D eigenvalue weighted by atomic mass is 9.99. The Bertz CT molecular complexity index is 161. The zero-order valence-corrected chi connectivity index (χ0v) is 11.3. The fraction of sp³-hybridized carbons (Fsp3) is 1.00. The van der Waals surface area contributed by atoms with E-state index < -0.39 is 0 Å². The highest BCUT2D eigenvalue weighted by Gasteiger charge is 2.27. The first-order valence-electron chi connectivity index (χ1n) is 7.04. The molecule has 0 amide bonds. The van der Waals surface area contributed by atoms with Gasteiger partial charge in [0.15, 0.2) is 0 Å². The molecule has 2 heterocycles. The molecule has 96 valence electrons. The van der Waals surface area contributed by atoms with Crippen LogP contribution < -0.4 is 5.32 Å². The van der Waals surface area contributed by atoms with E-state index in [1.54, 1.807) is 0 Å². The molecule has 0 spiro atoms. The smallest absolute Gasteiger partial charge is 0.0108 e. The molecule has 0 aromatic rings. The zero-order valence-electron chi connectivity index (χ0n) is 11.3. The van der Waals surface area contributed by atoms with Crippen molar-refractivity contribution in [3.8, 4) is 0 Å². The summed E-state index contributed by atoms with van der Waals surface area (Å²) in [6.07, 6.45) is 1.31. The lowest BCUT2D eigenvalue weighted by Crippen LogP contribution is -2.54. The molecule has 2 aliphatic heterocycles. The molecule has 3 nitrogen and oxygen atoms in total. The summed E-state index contributed by atoms with van der Waals surface area (Å²) in [7, 11) is 0. The van der Waals surface area contributed by atoms with Crippen LogP contribution in [-0.4, -0.2) is 62.2 Å². The molecule has 0 radical (unpaired) electrons. The van der Waals surface area contributed by atoms with Crippen LogP contribution in [0.3, 0.4) is 0 Å². The molecule has 2 aliphatic rings. The van der Waals surface area contributed by atoms with E-state index >= 15 is 0 Å². The van der Waals surface area contributed by atoms with E-state index in [0.29, 0.717) is 0 Å². The number of rotatable bonds is 4. The number of nitrogens with one attached hydrogen (secondary N) is 1. The minimum Gasteiger partial charge on any atom is -0.314 e. The summed E-state index contributed by atoms with van der Waals surface area (Å²) < 4.78 is 0. The highest BCUT2D eigenvalue weighted by molar-refractivity contribution is 4.83. The van der Waals surface area contributed by atoms with Gasteiger partial charge in [-0.1, -0.05) is 20.8 Å². The van der Waals surface area contributed by atoms with Crippen LogP contribution in [0.15, 0.2) is 0 Å². The highest BCUT2D eigenvalue weighted by Crippen LogP contribution is 2.16. The van der Waals surface area contributed by atoms with Gasteiger partial charge in [0.2, 0.25) is 0 Å². The van der Waals surface area contributed by atoms with Crippen LogP contribution in [0.5, 0.6) is 0 Å². The van der Waals surface area contributed by atoms with Crippen molar-refractivity contribution in [1.29, 1.82) is 0 Å². The van der Waals surface area contributed by atoms with Crippen LogP contribution in [0.25, 0.3) is 0 Å². The lowest BCUT2D eigenvalue weighted by Gasteiger charge is -2.42. The Morgan fingerprint density at radius 2 is 1.69 bits per heavy atom. The summed E-state index contributed by atoms with van der Waals surface area (Å²) in [5, 5.41) is 3.40. The van der Waals surface area contributed by atoms with Gasteiger partial charge in [0, 0.05) is 45.8 Å². The Morgan fingerprint density at radius 1 is 1.06 bits per heavy atom. The largest absolute Gasteiger partial charge is 0.314 e. The summed E-state index contributed by atoms with van der Waals surface area (Å²) in [6, 6.07) is 0. The fourth-order valence-electron chi connectivity index (χ4n) is 2.55. The van der Waals surface area contributed by atoms with Gasteiger partial charge in [0.1, 0.15) is 0 Å². The Morgan fingerprint density at radius 3 is 2.25 bits per heavy atom. The monoisotopic (exact) mass is 227 g/mol. The molecule has 0 aliphatic carbocycles. The standard InChI is InChI=1S/C11H23N3.C2H6/c1-2-5-14-9-11(10-14)8-13-6-3-12-4-7-13;1-2/h11-12H,2-10H2,1H3;1-2H3. The van der Waals surface area contributed by atoms with E-state index in [0.717, 1.165) is 5.92 Å². The average molecular weight is 227 g/mol. The molecule has 0 atom stereocenters. The Balaban J connectivity index is 0.000000606. The number of likely N-dealkylation sites (tertiary alicyclic amines) is 1. The van der Waals surface area contributed by atoms with Gasteiger partial charge >= 0.3 is 0 Å². The van der Waals surface area contributed by atoms with Gasteiger partial charge < -0.3 is 15.1 Å². The maximum absolute atomic E-state index is 3.40. The van der Waals surface area contributed by atoms with Crippen molar-refractivity contribution in [1.82, 2.24) is 15.1 Å². The lowest BCUT2D eigenvalue weighted by molar-refractivity contribution is 0.0637. The second kappa shape index (κ2) is 8.04. The van der Waals surface area contributed by atoms with E-state index in [4.69, 9.17) is 0 Å². The molecule has 0 saturated carbocycles. The molecule has 0 aromatic heterocycles. The quantitative estimate of drug-likeness (QED) is 0.780. The minimum atomic E-state index is 0.958. The second-order valence-corrected chi connectivity index (χ2v) is 4.68. The van der Waals surface area contributed by atoms with E-state index in [2.05, 4.69) is 22.0 Å². The molecule has 0 aromatic carbocycles. The molecular weight excluding hydrogens is 198 g/mol. The van der Waals surface area contributed by atoms with Gasteiger partial charge in [-0.3, -0.25) is 0 Å². The maximum Gasteiger partial charge on any atom is 0.0108 e. The van der Waals surface area contributed by atoms with Crippen molar-refractivity contribution in [3.63, 3.8) is 0 Å². The molecule has 2 saturated heterocycles. The fourth-order valence-corrected chi connectivity index (χ4v) is 2.55. The summed E-state index contributed by atoms with van der Waals surface area (Å²) in [4.78, 5) is 5.19. The van der Waals surface area contributed by atoms with Crippen LogP contribution in [0, 0.1) is 5.92 Å². The first-order valence-corrected chi connectivity index (χ1v) is 7.04. The summed E-state index contributed by atoms with van der Waals surface area (Å²) in [6.45, 7) is 16.5. The van der Waals surface area contributed by atoms with Gasteiger partial charge in [-0.05, 0) is 18.9 Å². The molecule has 1 N–H and O–H groups in total. The third kappa shape index (κ3) is 4.40. The molecule has 2 fully saturated rings. The van der Waals surface area contributed by atoms with Gasteiger partial charge in [-0.2, -0.15) is 0 Å². The Kier molecular flexibility index (Phi) is 7.01. The van der Waals surface area contributed by atoms with E-state index in [1.807, 2.05) is 13.8 Å². The molecule has 0 bridgehead atoms. The first-order chi connectivity index (χ1) is 7.88. The predicted molar refractivity (Wildman–Crippen MR) is 70.9 cm³/mol. The minimum absolute atomic E-state index is 0.958. The molecule has 2 rings (SSSR count). The second-order valence-electron chi connectivity index (χ2n) is 4.68. The molecule has 16 heavy (non-hydrogen) atoms. The average Bonchev–Trinajstić information content (AvgIpc) is 2.30. The predicted octanol–water partition coefficient (Wildman–Crippen LogP) is 1.26. The van der Waals surface area contributed by atoms with Gasteiger partial charge in [0.25, 0.3) is 0 Å². The topological polar surface area (TPSA) is 18.5 Å². The van der Waals surface area contributed by atoms with Gasteiger partial charge in [0.05, 0.1) is 0 Å². The summed E-state index contributed by atoms with van der Waals surface area (Å²) >= 11 is 0. The first kappa shape index (κ1) is 13.9. The Hall–Kier alpha value is -0.120. The van der Waals surface area contributed by atoms with E-state index in [1.165, 1.54) is 58.8 Å². The molecule has 3 heteroatoms. The third-order valence-corrected chi connectivity index (χ3v) is 3.30. The van der Waals surface area contributed by atoms with Crippen molar-refractivity contribution in [2.75, 3.05) is 52.4 Å². The van der Waals surface area contributed by atoms with Gasteiger partial charge in [-0.25, -0.2) is 0 Å². The summed E-state index contributed by atoms with van der Waals surface area (Å²) in [5.74, 6) is 0.958. The van der Waals surface area contributed by atoms with Crippen LogP contribution in [0.4, 0.5) is 0 Å². The molecular formula is C13H29N3. The zero-order chi connectivity index (χ0) is 11.8. The number of nitrogens with zero attached hydrogens (tertiary/aromatic N) is 2. The summed E-state index contributed by atoms with van der Waals surface area (Å²) in [5.41, 5.74) is 0. The van der Waals surface area contributed by atoms with Crippen molar-refractivity contribution in [2.45, 2.75) is 27.2 Å². The maximum atomic E-state index is 3.40. The normalized spacial score (nSPS) is 23.4. The highest BCUT2D eigenvalue weighted by atomic mass is 15.2. The van der Waals surface area contributed by atoms with Crippen LogP contribution in [0.2, 0.25) is 0 Å². The van der Waals surface area contributed by atoms with Crippen LogP contribution in [-0.2, 0) is 0 Å². The van der Waals surface area contributed by atoms with Gasteiger partial charge in [-0.15, -0.1) is 0 Å². The van der Waals surface area contributed by atoms with Crippen molar-refractivity contribution < 1.29 is 0 Å². The molecule has 0 unspecified atom stereocenters. The van der Waals surface area contributed by atoms with Crippen molar-refractivity contribution >= 4 is 0 Å². The van der Waals surface area contributed by atoms with E-state index in [9.17, 15) is 0 Å².